The molecule has 34 heavy (non-hydrogen) atoms. The van der Waals surface area contributed by atoms with Crippen molar-refractivity contribution in [3.05, 3.63) is 54.1 Å². The van der Waals surface area contributed by atoms with Crippen LogP contribution in [0.15, 0.2) is 62.7 Å². The van der Waals surface area contributed by atoms with Crippen LogP contribution in [0.1, 0.15) is 37.0 Å². The molecule has 0 unspecified atom stereocenters. The number of nitrogens with one attached hydrogen (secondary N) is 1. The maximum absolute atomic E-state index is 12.8. The van der Waals surface area contributed by atoms with Gasteiger partial charge in [-0.1, -0.05) is 31.4 Å². The van der Waals surface area contributed by atoms with Crippen LogP contribution >= 0.6 is 0 Å². The zero-order valence-corrected chi connectivity index (χ0v) is 20.7. The fourth-order valence-corrected chi connectivity index (χ4v) is 5.28. The van der Waals surface area contributed by atoms with Gasteiger partial charge in [-0.05, 0) is 48.9 Å². The molecule has 0 radical (unpaired) electrons. The van der Waals surface area contributed by atoms with Crippen molar-refractivity contribution < 1.29 is 26.0 Å². The smallest absolute Gasteiger partial charge is 0.322 e. The van der Waals surface area contributed by atoms with Crippen molar-refractivity contribution in [1.29, 1.82) is 0 Å². The molecule has 0 aliphatic rings. The highest BCUT2D eigenvalue weighted by Gasteiger charge is 2.23. The Labute approximate surface area is 199 Å². The minimum absolute atomic E-state index is 0.0361. The van der Waals surface area contributed by atoms with E-state index in [-0.39, 0.29) is 27.3 Å². The number of sulfone groups is 1. The summed E-state index contributed by atoms with van der Waals surface area (Å²) < 4.78 is 56.0. The number of benzene rings is 2. The molecule has 0 saturated heterocycles. The lowest BCUT2D eigenvalue weighted by Crippen LogP contribution is -2.31. The lowest BCUT2D eigenvalue weighted by molar-refractivity contribution is 0.102. The van der Waals surface area contributed by atoms with Gasteiger partial charge in [-0.2, -0.15) is 4.31 Å². The molecule has 0 fully saturated rings. The quantitative estimate of drug-likeness (QED) is 0.442. The van der Waals surface area contributed by atoms with Crippen molar-refractivity contribution >= 4 is 31.8 Å². The summed E-state index contributed by atoms with van der Waals surface area (Å²) in [6.45, 7) is 4.57. The molecule has 1 N–H and O–H groups in total. The molecule has 2 aromatic carbocycles. The van der Waals surface area contributed by atoms with Crippen LogP contribution in [0.25, 0.3) is 11.5 Å². The molecule has 0 spiro atoms. The Morgan fingerprint density at radius 3 is 2.32 bits per heavy atom. The molecule has 3 aromatic rings. The highest BCUT2D eigenvalue weighted by atomic mass is 32.2. The molecule has 1 amide bonds. The molecule has 10 nitrogen and oxygen atoms in total. The lowest BCUT2D eigenvalue weighted by atomic mass is 10.2. The zero-order chi connectivity index (χ0) is 24.9. The van der Waals surface area contributed by atoms with Gasteiger partial charge in [0, 0.05) is 30.5 Å². The van der Waals surface area contributed by atoms with E-state index < -0.39 is 25.8 Å². The lowest BCUT2D eigenvalue weighted by Gasteiger charge is -2.20. The van der Waals surface area contributed by atoms with Crippen LogP contribution < -0.4 is 5.32 Å². The van der Waals surface area contributed by atoms with Crippen molar-refractivity contribution in [2.75, 3.05) is 24.7 Å². The molecular formula is C22H26N4O6S2. The summed E-state index contributed by atoms with van der Waals surface area (Å²) in [5, 5.41) is 10.1. The molecule has 182 valence electrons. The maximum atomic E-state index is 12.8. The largest absolute Gasteiger partial charge is 0.403 e. The Morgan fingerprint density at radius 2 is 1.71 bits per heavy atom. The van der Waals surface area contributed by atoms with E-state index >= 15 is 0 Å². The third kappa shape index (κ3) is 5.88. The first-order chi connectivity index (χ1) is 16.1. The molecule has 1 heterocycles. The van der Waals surface area contributed by atoms with Gasteiger partial charge in [0.05, 0.1) is 9.79 Å². The van der Waals surface area contributed by atoms with E-state index in [1.807, 2.05) is 6.92 Å². The molecule has 1 aromatic heterocycles. The van der Waals surface area contributed by atoms with Crippen LogP contribution in [0.3, 0.4) is 0 Å². The molecule has 0 saturated carbocycles. The van der Waals surface area contributed by atoms with Crippen LogP contribution in [-0.4, -0.2) is 56.6 Å². The highest BCUT2D eigenvalue weighted by Crippen LogP contribution is 2.23. The van der Waals surface area contributed by atoms with E-state index in [0.29, 0.717) is 18.7 Å². The fraction of sp³-hybridized carbons (Fsp3) is 0.318. The normalized spacial score (nSPS) is 12.1. The third-order valence-electron chi connectivity index (χ3n) is 5.02. The molecule has 0 atom stereocenters. The van der Waals surface area contributed by atoms with Gasteiger partial charge < -0.3 is 4.42 Å². The van der Waals surface area contributed by atoms with Gasteiger partial charge in [-0.15, -0.1) is 5.10 Å². The van der Waals surface area contributed by atoms with Crippen LogP contribution in [0.5, 0.6) is 0 Å². The zero-order valence-electron chi connectivity index (χ0n) is 19.1. The first-order valence-electron chi connectivity index (χ1n) is 10.6. The number of hydrogen-bond acceptors (Lipinski definition) is 8. The second kappa shape index (κ2) is 10.5. The summed E-state index contributed by atoms with van der Waals surface area (Å²) >= 11 is 0. The second-order valence-electron chi connectivity index (χ2n) is 7.54. The van der Waals surface area contributed by atoms with Crippen molar-refractivity contribution in [2.24, 2.45) is 0 Å². The summed E-state index contributed by atoms with van der Waals surface area (Å²) in [6.07, 6.45) is 2.73. The van der Waals surface area contributed by atoms with E-state index in [9.17, 15) is 21.6 Å². The van der Waals surface area contributed by atoms with E-state index in [1.165, 1.54) is 40.7 Å². The number of rotatable bonds is 10. The number of aromatic nitrogens is 2. The molecule has 0 aliphatic heterocycles. The Balaban J connectivity index is 1.73. The Bertz CT molecular complexity index is 1370. The highest BCUT2D eigenvalue weighted by molar-refractivity contribution is 7.90. The van der Waals surface area contributed by atoms with Crippen LogP contribution in [0.2, 0.25) is 0 Å². The third-order valence-corrected chi connectivity index (χ3v) is 8.12. The molecule has 0 bridgehead atoms. The van der Waals surface area contributed by atoms with Gasteiger partial charge in [0.1, 0.15) is 0 Å². The van der Waals surface area contributed by atoms with Gasteiger partial charge in [0.25, 0.3) is 5.91 Å². The number of unbranched alkanes of at least 4 members (excludes halogenated alkanes) is 1. The van der Waals surface area contributed by atoms with E-state index in [1.54, 1.807) is 19.1 Å². The number of anilines is 1. The standard InChI is InChI=1S/C22H26N4O6S2/c1-4-6-14-26(5-2)34(30,31)18-12-10-16(11-13-18)20(27)23-22-25-24-21(32-22)17-8-7-9-19(15-17)33(3,28)29/h7-13,15H,4-6,14H2,1-3H3,(H,23,25,27). The van der Waals surface area contributed by atoms with Crippen molar-refractivity contribution in [3.63, 3.8) is 0 Å². The van der Waals surface area contributed by atoms with Gasteiger partial charge in [-0.3, -0.25) is 10.1 Å². The van der Waals surface area contributed by atoms with Gasteiger partial charge in [0.15, 0.2) is 9.84 Å². The van der Waals surface area contributed by atoms with E-state index in [0.717, 1.165) is 19.1 Å². The number of hydrogen-bond donors (Lipinski definition) is 1. The summed E-state index contributed by atoms with van der Waals surface area (Å²) in [5.74, 6) is -0.531. The van der Waals surface area contributed by atoms with Crippen molar-refractivity contribution in [2.45, 2.75) is 36.5 Å². The maximum Gasteiger partial charge on any atom is 0.322 e. The SMILES string of the molecule is CCCCN(CC)S(=O)(=O)c1ccc(C(=O)Nc2nnc(-c3cccc(S(C)(=O)=O)c3)o2)cc1. The predicted molar refractivity (Wildman–Crippen MR) is 127 cm³/mol. The van der Waals surface area contributed by atoms with Crippen molar-refractivity contribution in [3.8, 4) is 11.5 Å². The van der Waals surface area contributed by atoms with E-state index in [4.69, 9.17) is 4.42 Å². The van der Waals surface area contributed by atoms with Gasteiger partial charge in [-0.25, -0.2) is 16.8 Å². The second-order valence-corrected chi connectivity index (χ2v) is 11.5. The van der Waals surface area contributed by atoms with E-state index in [2.05, 4.69) is 15.5 Å². The summed E-state index contributed by atoms with van der Waals surface area (Å²) in [5.41, 5.74) is 0.586. The first-order valence-corrected chi connectivity index (χ1v) is 13.9. The van der Waals surface area contributed by atoms with Crippen LogP contribution in [0.4, 0.5) is 6.01 Å². The number of amides is 1. The average Bonchev–Trinajstić information content (AvgIpc) is 3.27. The molecule has 3 rings (SSSR count). The minimum atomic E-state index is -3.65. The Hall–Kier alpha value is -3.09. The summed E-state index contributed by atoms with van der Waals surface area (Å²) in [4.78, 5) is 12.8. The van der Waals surface area contributed by atoms with Crippen molar-refractivity contribution in [1.82, 2.24) is 14.5 Å². The number of carbonyl (C=O) groups excluding carboxylic acids is 1. The predicted octanol–water partition coefficient (Wildman–Crippen LogP) is 3.20. The number of carbonyl (C=O) groups is 1. The van der Waals surface area contributed by atoms with Crippen LogP contribution in [-0.2, 0) is 19.9 Å². The average molecular weight is 507 g/mol. The summed E-state index contributed by atoms with van der Waals surface area (Å²) in [6, 6.07) is 11.4. The fourth-order valence-electron chi connectivity index (χ4n) is 3.13. The van der Waals surface area contributed by atoms with Gasteiger partial charge in [0.2, 0.25) is 15.9 Å². The monoisotopic (exact) mass is 506 g/mol. The molecular weight excluding hydrogens is 480 g/mol. The molecule has 12 heteroatoms. The Kier molecular flexibility index (Phi) is 7.85. The van der Waals surface area contributed by atoms with Gasteiger partial charge >= 0.3 is 6.01 Å². The Morgan fingerprint density at radius 1 is 1.00 bits per heavy atom. The number of sulfonamides is 1. The topological polar surface area (TPSA) is 140 Å². The summed E-state index contributed by atoms with van der Waals surface area (Å²) in [7, 11) is -7.06. The molecule has 0 aliphatic carbocycles. The first kappa shape index (κ1) is 25.5. The van der Waals surface area contributed by atoms with Crippen LogP contribution in [0, 0.1) is 0 Å². The number of nitrogens with zero attached hydrogens (tertiary/aromatic N) is 3. The minimum Gasteiger partial charge on any atom is -0.403 e.